The van der Waals surface area contributed by atoms with E-state index >= 15 is 0 Å². The number of aryl methyl sites for hydroxylation is 1. The topological polar surface area (TPSA) is 88.2 Å². The summed E-state index contributed by atoms with van der Waals surface area (Å²) < 4.78 is 10.5. The lowest BCUT2D eigenvalue weighted by Crippen LogP contribution is -2.50. The molecule has 0 spiro atoms. The van der Waals surface area contributed by atoms with Crippen LogP contribution in [0.25, 0.3) is 0 Å². The average molecular weight is 444 g/mol. The van der Waals surface area contributed by atoms with Crippen LogP contribution in [0.15, 0.2) is 35.5 Å². The van der Waals surface area contributed by atoms with Gasteiger partial charge in [-0.15, -0.1) is 0 Å². The first-order chi connectivity index (χ1) is 15.3. The Labute approximate surface area is 189 Å². The van der Waals surface area contributed by atoms with Crippen LogP contribution in [0, 0.1) is 12.8 Å². The fraction of sp³-hybridized carbons (Fsp3) is 0.542. The van der Waals surface area contributed by atoms with Crippen molar-refractivity contribution in [3.05, 3.63) is 46.7 Å². The zero-order valence-corrected chi connectivity index (χ0v) is 19.3. The Kier molecular flexibility index (Phi) is 7.90. The van der Waals surface area contributed by atoms with Gasteiger partial charge in [-0.05, 0) is 52.3 Å². The van der Waals surface area contributed by atoms with E-state index in [-0.39, 0.29) is 24.5 Å². The van der Waals surface area contributed by atoms with Crippen molar-refractivity contribution in [2.75, 3.05) is 39.9 Å². The number of benzene rings is 1. The predicted molar refractivity (Wildman–Crippen MR) is 120 cm³/mol. The first-order valence-corrected chi connectivity index (χ1v) is 11.3. The number of hydrogen-bond donors (Lipinski definition) is 1. The van der Waals surface area contributed by atoms with Crippen LogP contribution in [0.2, 0.25) is 0 Å². The van der Waals surface area contributed by atoms with Crippen LogP contribution in [-0.4, -0.2) is 67.7 Å². The third kappa shape index (κ3) is 5.30. The summed E-state index contributed by atoms with van der Waals surface area (Å²) in [6.45, 7) is 7.99. The van der Waals surface area contributed by atoms with E-state index in [1.165, 1.54) is 4.90 Å². The largest absolute Gasteiger partial charge is 0.466 e. The van der Waals surface area contributed by atoms with Crippen molar-refractivity contribution in [1.82, 2.24) is 15.1 Å². The van der Waals surface area contributed by atoms with Crippen molar-refractivity contribution < 1.29 is 23.9 Å². The van der Waals surface area contributed by atoms with Gasteiger partial charge in [0, 0.05) is 19.3 Å². The van der Waals surface area contributed by atoms with Crippen molar-refractivity contribution in [1.29, 1.82) is 0 Å². The third-order valence-corrected chi connectivity index (χ3v) is 6.03. The van der Waals surface area contributed by atoms with Gasteiger partial charge in [0.05, 0.1) is 30.7 Å². The molecule has 0 radical (unpaired) electrons. The monoisotopic (exact) mass is 443 g/mol. The van der Waals surface area contributed by atoms with E-state index in [2.05, 4.69) is 10.2 Å². The maximum Gasteiger partial charge on any atom is 0.338 e. The Hall–Kier alpha value is -2.87. The molecule has 0 unspecified atom stereocenters. The van der Waals surface area contributed by atoms with E-state index in [9.17, 15) is 14.4 Å². The zero-order chi connectivity index (χ0) is 23.3. The standard InChI is InChI=1S/C24H33N3O5/c1-5-31-22(28)17-10-12-27(13-11-17)15-19-20(23(29)32-6-2)21(25-24(30)26(19)4)18-9-7-8-16(3)14-18/h7-9,14,17,21H,5-6,10-13,15H2,1-4H3,(H,25,30)/t21-/m1/s1. The molecule has 2 aliphatic heterocycles. The fourth-order valence-electron chi connectivity index (χ4n) is 4.30. The Morgan fingerprint density at radius 3 is 2.44 bits per heavy atom. The minimum atomic E-state index is -0.579. The molecule has 1 saturated heterocycles. The number of rotatable bonds is 7. The highest BCUT2D eigenvalue weighted by Crippen LogP contribution is 2.32. The third-order valence-electron chi connectivity index (χ3n) is 6.03. The second-order valence-electron chi connectivity index (χ2n) is 8.24. The molecule has 1 aromatic rings. The van der Waals surface area contributed by atoms with Gasteiger partial charge in [-0.2, -0.15) is 0 Å². The Balaban J connectivity index is 1.89. The van der Waals surface area contributed by atoms with E-state index in [4.69, 9.17) is 9.47 Å². The van der Waals surface area contributed by atoms with Crippen LogP contribution >= 0.6 is 0 Å². The number of carbonyl (C=O) groups is 3. The summed E-state index contributed by atoms with van der Waals surface area (Å²) in [5.41, 5.74) is 2.97. The summed E-state index contributed by atoms with van der Waals surface area (Å²) in [6, 6.07) is 6.93. The number of nitrogens with one attached hydrogen (secondary N) is 1. The highest BCUT2D eigenvalue weighted by molar-refractivity contribution is 5.95. The van der Waals surface area contributed by atoms with E-state index in [0.29, 0.717) is 50.4 Å². The number of esters is 2. The molecule has 1 aromatic carbocycles. The van der Waals surface area contributed by atoms with Gasteiger partial charge in [0.15, 0.2) is 0 Å². The normalized spacial score (nSPS) is 20.2. The number of urea groups is 1. The molecule has 2 heterocycles. The maximum atomic E-state index is 13.0. The highest BCUT2D eigenvalue weighted by atomic mass is 16.5. The minimum absolute atomic E-state index is 0.0999. The molecule has 1 N–H and O–H groups in total. The summed E-state index contributed by atoms with van der Waals surface area (Å²) >= 11 is 0. The number of amides is 2. The predicted octanol–water partition coefficient (Wildman–Crippen LogP) is 2.78. The van der Waals surface area contributed by atoms with Crippen molar-refractivity contribution in [2.45, 2.75) is 39.7 Å². The number of piperidine rings is 1. The van der Waals surface area contributed by atoms with Crippen LogP contribution < -0.4 is 5.32 Å². The molecule has 0 saturated carbocycles. The Bertz CT molecular complexity index is 889. The van der Waals surface area contributed by atoms with Gasteiger partial charge >= 0.3 is 18.0 Å². The summed E-state index contributed by atoms with van der Waals surface area (Å²) in [7, 11) is 1.67. The smallest absolute Gasteiger partial charge is 0.338 e. The van der Waals surface area contributed by atoms with Gasteiger partial charge in [0.1, 0.15) is 0 Å². The van der Waals surface area contributed by atoms with E-state index in [1.807, 2.05) is 38.1 Å². The molecule has 2 amide bonds. The van der Waals surface area contributed by atoms with Crippen molar-refractivity contribution in [3.63, 3.8) is 0 Å². The van der Waals surface area contributed by atoms with Gasteiger partial charge in [0.2, 0.25) is 0 Å². The van der Waals surface area contributed by atoms with Crippen molar-refractivity contribution in [2.24, 2.45) is 5.92 Å². The second-order valence-corrected chi connectivity index (χ2v) is 8.24. The first-order valence-electron chi connectivity index (χ1n) is 11.3. The van der Waals surface area contributed by atoms with Crippen LogP contribution in [-0.2, 0) is 19.1 Å². The minimum Gasteiger partial charge on any atom is -0.466 e. The van der Waals surface area contributed by atoms with Crippen molar-refractivity contribution >= 4 is 18.0 Å². The van der Waals surface area contributed by atoms with Crippen LogP contribution in [0.3, 0.4) is 0 Å². The molecule has 174 valence electrons. The van der Waals surface area contributed by atoms with Gasteiger partial charge < -0.3 is 14.8 Å². The summed E-state index contributed by atoms with van der Waals surface area (Å²) in [6.07, 6.45) is 1.39. The molecule has 1 fully saturated rings. The average Bonchev–Trinajstić information content (AvgIpc) is 2.77. The number of hydrogen-bond acceptors (Lipinski definition) is 6. The number of likely N-dealkylation sites (tertiary alicyclic amines) is 1. The molecule has 0 bridgehead atoms. The number of nitrogens with zero attached hydrogens (tertiary/aromatic N) is 2. The molecule has 2 aliphatic rings. The maximum absolute atomic E-state index is 13.0. The van der Waals surface area contributed by atoms with Gasteiger partial charge in [-0.3, -0.25) is 14.6 Å². The van der Waals surface area contributed by atoms with Gasteiger partial charge in [0.25, 0.3) is 0 Å². The molecule has 0 aliphatic carbocycles. The summed E-state index contributed by atoms with van der Waals surface area (Å²) in [5.74, 6) is -0.674. The van der Waals surface area contributed by atoms with E-state index < -0.39 is 12.0 Å². The molecular weight excluding hydrogens is 410 g/mol. The number of likely N-dealkylation sites (N-methyl/N-ethyl adjacent to an activating group) is 1. The van der Waals surface area contributed by atoms with E-state index in [0.717, 1.165) is 11.1 Å². The van der Waals surface area contributed by atoms with Crippen LogP contribution in [0.1, 0.15) is 43.9 Å². The molecule has 8 nitrogen and oxygen atoms in total. The molecule has 1 atom stereocenters. The lowest BCUT2D eigenvalue weighted by molar-refractivity contribution is -0.149. The molecule has 3 rings (SSSR count). The Morgan fingerprint density at radius 1 is 1.12 bits per heavy atom. The first kappa shape index (κ1) is 23.8. The fourth-order valence-corrected chi connectivity index (χ4v) is 4.30. The van der Waals surface area contributed by atoms with Crippen molar-refractivity contribution in [3.8, 4) is 0 Å². The molecule has 32 heavy (non-hydrogen) atoms. The summed E-state index contributed by atoms with van der Waals surface area (Å²) in [4.78, 5) is 41.6. The zero-order valence-electron chi connectivity index (χ0n) is 19.3. The lowest BCUT2D eigenvalue weighted by atomic mass is 9.92. The Morgan fingerprint density at radius 2 is 1.81 bits per heavy atom. The second kappa shape index (κ2) is 10.6. The van der Waals surface area contributed by atoms with Gasteiger partial charge in [-0.25, -0.2) is 9.59 Å². The highest BCUT2D eigenvalue weighted by Gasteiger charge is 2.38. The quantitative estimate of drug-likeness (QED) is 0.652. The lowest BCUT2D eigenvalue weighted by Gasteiger charge is -2.38. The molecular formula is C24H33N3O5. The van der Waals surface area contributed by atoms with Crippen LogP contribution in [0.5, 0.6) is 0 Å². The van der Waals surface area contributed by atoms with Crippen LogP contribution in [0.4, 0.5) is 4.79 Å². The molecule has 8 heteroatoms. The number of ether oxygens (including phenoxy) is 2. The molecule has 0 aromatic heterocycles. The van der Waals surface area contributed by atoms with Gasteiger partial charge in [-0.1, -0.05) is 29.8 Å². The van der Waals surface area contributed by atoms with E-state index in [1.54, 1.807) is 14.0 Å². The number of carbonyl (C=O) groups excluding carboxylic acids is 3. The summed E-state index contributed by atoms with van der Waals surface area (Å²) in [5, 5.41) is 2.95. The SMILES string of the molecule is CCOC(=O)C1=C(CN2CCC(C(=O)OCC)CC2)N(C)C(=O)N[C@@H]1c1cccc(C)c1.